The molecule has 4 rings (SSSR count). The quantitative estimate of drug-likeness (QED) is 0.625. The molecule has 4 aromatic rings. The van der Waals surface area contributed by atoms with Crippen molar-refractivity contribution >= 4 is 17.4 Å². The van der Waals surface area contributed by atoms with Crippen LogP contribution in [0.15, 0.2) is 36.8 Å². The lowest BCUT2D eigenvalue weighted by atomic mass is 10.3. The summed E-state index contributed by atoms with van der Waals surface area (Å²) in [4.78, 5) is 13.3. The normalized spacial score (nSPS) is 11.4. The Labute approximate surface area is 126 Å². The van der Waals surface area contributed by atoms with Crippen LogP contribution in [0.2, 0.25) is 0 Å². The molecule has 4 aromatic heterocycles. The number of rotatable bonds is 3. The van der Waals surface area contributed by atoms with Gasteiger partial charge in [0, 0.05) is 18.6 Å². The highest BCUT2D eigenvalue weighted by atomic mass is 15.3. The molecular formula is C15H15N7. The third-order valence-electron chi connectivity index (χ3n) is 3.41. The Kier molecular flexibility index (Phi) is 2.78. The van der Waals surface area contributed by atoms with Gasteiger partial charge >= 0.3 is 0 Å². The van der Waals surface area contributed by atoms with Crippen LogP contribution in [0.5, 0.6) is 0 Å². The summed E-state index contributed by atoms with van der Waals surface area (Å²) in [6, 6.07) is 5.93. The average Bonchev–Trinajstić information content (AvgIpc) is 3.05. The van der Waals surface area contributed by atoms with Crippen LogP contribution < -0.4 is 5.32 Å². The van der Waals surface area contributed by atoms with E-state index >= 15 is 0 Å². The summed E-state index contributed by atoms with van der Waals surface area (Å²) in [7, 11) is 0. The van der Waals surface area contributed by atoms with Gasteiger partial charge in [0.05, 0.1) is 17.9 Å². The van der Waals surface area contributed by atoms with E-state index in [-0.39, 0.29) is 0 Å². The topological polar surface area (TPSA) is 72.4 Å². The molecule has 0 aliphatic heterocycles. The van der Waals surface area contributed by atoms with Crippen LogP contribution in [-0.2, 0) is 6.54 Å². The molecule has 0 spiro atoms. The van der Waals surface area contributed by atoms with E-state index in [2.05, 4.69) is 25.4 Å². The van der Waals surface area contributed by atoms with Crippen LogP contribution >= 0.6 is 0 Å². The molecule has 0 fully saturated rings. The van der Waals surface area contributed by atoms with Crippen LogP contribution in [0.1, 0.15) is 17.0 Å². The fourth-order valence-electron chi connectivity index (χ4n) is 2.36. The summed E-state index contributed by atoms with van der Waals surface area (Å²) in [5.41, 5.74) is 3.81. The third kappa shape index (κ3) is 2.26. The van der Waals surface area contributed by atoms with Crippen molar-refractivity contribution in [1.82, 2.24) is 29.0 Å². The molecule has 0 atom stereocenters. The number of imidazole rings is 1. The Balaban J connectivity index is 1.56. The summed E-state index contributed by atoms with van der Waals surface area (Å²) >= 11 is 0. The van der Waals surface area contributed by atoms with Crippen molar-refractivity contribution in [3.8, 4) is 0 Å². The van der Waals surface area contributed by atoms with E-state index in [1.807, 2.05) is 55.0 Å². The van der Waals surface area contributed by atoms with Gasteiger partial charge in [-0.2, -0.15) is 4.98 Å². The second kappa shape index (κ2) is 4.80. The first-order valence-corrected chi connectivity index (χ1v) is 7.05. The van der Waals surface area contributed by atoms with Gasteiger partial charge in [-0.3, -0.25) is 4.40 Å². The Morgan fingerprint density at radius 2 is 1.95 bits per heavy atom. The van der Waals surface area contributed by atoms with E-state index in [4.69, 9.17) is 0 Å². The molecule has 110 valence electrons. The third-order valence-corrected chi connectivity index (χ3v) is 3.41. The molecular weight excluding hydrogens is 278 g/mol. The Morgan fingerprint density at radius 3 is 2.86 bits per heavy atom. The molecule has 4 heterocycles. The van der Waals surface area contributed by atoms with Gasteiger partial charge in [-0.15, -0.1) is 5.10 Å². The van der Waals surface area contributed by atoms with Gasteiger partial charge in [0.2, 0.25) is 11.7 Å². The molecule has 0 radical (unpaired) electrons. The molecule has 22 heavy (non-hydrogen) atoms. The number of nitrogens with zero attached hydrogens (tertiary/aromatic N) is 6. The predicted molar refractivity (Wildman–Crippen MR) is 82.8 cm³/mol. The van der Waals surface area contributed by atoms with Crippen LogP contribution in [0, 0.1) is 13.8 Å². The Hall–Kier alpha value is -2.96. The number of hydrogen-bond acceptors (Lipinski definition) is 5. The van der Waals surface area contributed by atoms with E-state index in [0.29, 0.717) is 18.3 Å². The van der Waals surface area contributed by atoms with Crippen molar-refractivity contribution in [3.63, 3.8) is 0 Å². The second-order valence-corrected chi connectivity index (χ2v) is 5.31. The molecule has 0 saturated carbocycles. The summed E-state index contributed by atoms with van der Waals surface area (Å²) < 4.78 is 3.68. The molecule has 0 bridgehead atoms. The van der Waals surface area contributed by atoms with Crippen molar-refractivity contribution in [2.75, 3.05) is 5.32 Å². The fraction of sp³-hybridized carbons (Fsp3) is 0.200. The summed E-state index contributed by atoms with van der Waals surface area (Å²) in [5.74, 6) is 1.29. The average molecular weight is 293 g/mol. The lowest BCUT2D eigenvalue weighted by Gasteiger charge is -2.01. The van der Waals surface area contributed by atoms with Crippen LogP contribution in [-0.4, -0.2) is 29.0 Å². The highest BCUT2D eigenvalue weighted by molar-refractivity contribution is 5.44. The number of aryl methyl sites for hydroxylation is 2. The number of anilines is 1. The molecule has 0 aliphatic rings. The molecule has 0 aliphatic carbocycles. The fourth-order valence-corrected chi connectivity index (χ4v) is 2.36. The molecule has 0 aromatic carbocycles. The van der Waals surface area contributed by atoms with Crippen molar-refractivity contribution < 1.29 is 0 Å². The van der Waals surface area contributed by atoms with Gasteiger partial charge in [-0.1, -0.05) is 6.07 Å². The van der Waals surface area contributed by atoms with Crippen molar-refractivity contribution in [3.05, 3.63) is 53.7 Å². The number of hydrogen-bond donors (Lipinski definition) is 1. The molecule has 0 saturated heterocycles. The van der Waals surface area contributed by atoms with E-state index in [1.54, 1.807) is 4.52 Å². The van der Waals surface area contributed by atoms with E-state index in [9.17, 15) is 0 Å². The van der Waals surface area contributed by atoms with Crippen LogP contribution in [0.4, 0.5) is 5.95 Å². The minimum atomic E-state index is 0.554. The summed E-state index contributed by atoms with van der Waals surface area (Å²) in [6.07, 6.45) is 5.86. The highest BCUT2D eigenvalue weighted by Crippen LogP contribution is 2.09. The van der Waals surface area contributed by atoms with Gasteiger partial charge < -0.3 is 5.32 Å². The molecule has 7 nitrogen and oxygen atoms in total. The maximum absolute atomic E-state index is 4.51. The Morgan fingerprint density at radius 1 is 1.05 bits per heavy atom. The zero-order chi connectivity index (χ0) is 15.1. The minimum absolute atomic E-state index is 0.554. The lowest BCUT2D eigenvalue weighted by molar-refractivity contribution is 0.931. The van der Waals surface area contributed by atoms with Gasteiger partial charge in [0.15, 0.2) is 5.65 Å². The first-order valence-electron chi connectivity index (χ1n) is 7.05. The van der Waals surface area contributed by atoms with E-state index < -0.39 is 0 Å². The zero-order valence-corrected chi connectivity index (χ0v) is 12.4. The van der Waals surface area contributed by atoms with Gasteiger partial charge in [-0.25, -0.2) is 14.5 Å². The first-order chi connectivity index (χ1) is 10.7. The van der Waals surface area contributed by atoms with E-state index in [1.165, 1.54) is 0 Å². The van der Waals surface area contributed by atoms with Crippen molar-refractivity contribution in [2.45, 2.75) is 20.4 Å². The maximum Gasteiger partial charge on any atom is 0.243 e. The van der Waals surface area contributed by atoms with Crippen LogP contribution in [0.25, 0.3) is 11.4 Å². The largest absolute Gasteiger partial charge is 0.347 e. The zero-order valence-electron chi connectivity index (χ0n) is 12.4. The second-order valence-electron chi connectivity index (χ2n) is 5.31. The highest BCUT2D eigenvalue weighted by Gasteiger charge is 2.05. The molecule has 7 heteroatoms. The molecule has 0 amide bonds. The lowest BCUT2D eigenvalue weighted by Crippen LogP contribution is -2.04. The standard InChI is InChI=1S/C15H15N7/c1-10-3-4-13-19-14(20-22(13)8-10)16-7-12-5-6-21-9-11(2)17-15(21)18-12/h3-6,8-9H,7H2,1-2H3,(H,16,20). The number of nitrogens with one attached hydrogen (secondary N) is 1. The van der Waals surface area contributed by atoms with Crippen molar-refractivity contribution in [2.24, 2.45) is 0 Å². The van der Waals surface area contributed by atoms with E-state index in [0.717, 1.165) is 22.6 Å². The van der Waals surface area contributed by atoms with Gasteiger partial charge in [0.1, 0.15) is 0 Å². The summed E-state index contributed by atoms with van der Waals surface area (Å²) in [5, 5.41) is 7.60. The molecule has 0 unspecified atom stereocenters. The van der Waals surface area contributed by atoms with Crippen LogP contribution in [0.3, 0.4) is 0 Å². The Bertz CT molecular complexity index is 965. The van der Waals surface area contributed by atoms with Crippen molar-refractivity contribution in [1.29, 1.82) is 0 Å². The first kappa shape index (κ1) is 12.8. The number of aromatic nitrogens is 6. The number of pyridine rings is 1. The SMILES string of the molecule is Cc1ccc2nc(NCc3ccn4cc(C)nc4n3)nn2c1. The smallest absolute Gasteiger partial charge is 0.243 e. The van der Waals surface area contributed by atoms with Gasteiger partial charge in [-0.05, 0) is 31.5 Å². The number of fused-ring (bicyclic) bond motifs is 2. The molecule has 1 N–H and O–H groups in total. The van der Waals surface area contributed by atoms with Gasteiger partial charge in [0.25, 0.3) is 0 Å². The maximum atomic E-state index is 4.51. The summed E-state index contributed by atoms with van der Waals surface area (Å²) in [6.45, 7) is 4.54. The monoisotopic (exact) mass is 293 g/mol. The minimum Gasteiger partial charge on any atom is -0.347 e. The predicted octanol–water partition coefficient (Wildman–Crippen LogP) is 2.00.